The lowest BCUT2D eigenvalue weighted by Crippen LogP contribution is -2.51. The molecule has 0 bridgehead atoms. The van der Waals surface area contributed by atoms with Gasteiger partial charge in [-0.05, 0) is 17.7 Å². The van der Waals surface area contributed by atoms with E-state index < -0.39 is 10.0 Å². The molecule has 0 saturated carbocycles. The molecule has 0 radical (unpaired) electrons. The molecule has 0 spiro atoms. The van der Waals surface area contributed by atoms with Crippen molar-refractivity contribution in [2.45, 2.75) is 4.90 Å². The van der Waals surface area contributed by atoms with Crippen molar-refractivity contribution in [3.8, 4) is 11.3 Å². The molecule has 4 rings (SSSR count). The standard InChI is InChI=1S/C21H23N5O3S/c1-24-19(17-8-4-2-5-9-17)16-20(23-24)22-21(27)25-12-14-26(15-13-25)30(28,29)18-10-6-3-7-11-18/h2-11,16H,12-15H2,1H3,(H,22,23,27). The van der Waals surface area contributed by atoms with Gasteiger partial charge in [0.15, 0.2) is 5.82 Å². The maximum atomic E-state index is 12.7. The van der Waals surface area contributed by atoms with Crippen molar-refractivity contribution in [1.82, 2.24) is 19.0 Å². The third-order valence-corrected chi connectivity index (χ3v) is 7.00. The molecule has 1 fully saturated rings. The van der Waals surface area contributed by atoms with Crippen LogP contribution in [0.25, 0.3) is 11.3 Å². The molecule has 156 valence electrons. The Morgan fingerprint density at radius 1 is 0.933 bits per heavy atom. The van der Waals surface area contributed by atoms with Crippen molar-refractivity contribution in [2.75, 3.05) is 31.5 Å². The number of amides is 2. The minimum atomic E-state index is -3.54. The van der Waals surface area contributed by atoms with Crippen LogP contribution >= 0.6 is 0 Å². The van der Waals surface area contributed by atoms with Crippen molar-refractivity contribution in [2.24, 2.45) is 7.05 Å². The summed E-state index contributed by atoms with van der Waals surface area (Å²) < 4.78 is 28.6. The molecule has 2 aromatic carbocycles. The number of aromatic nitrogens is 2. The van der Waals surface area contributed by atoms with E-state index in [-0.39, 0.29) is 24.0 Å². The summed E-state index contributed by atoms with van der Waals surface area (Å²) in [6.45, 7) is 1.14. The molecule has 1 N–H and O–H groups in total. The Hall–Kier alpha value is -3.17. The lowest BCUT2D eigenvalue weighted by molar-refractivity contribution is 0.184. The molecule has 8 nitrogen and oxygen atoms in total. The number of urea groups is 1. The largest absolute Gasteiger partial charge is 0.323 e. The van der Waals surface area contributed by atoms with Gasteiger partial charge in [-0.1, -0.05) is 48.5 Å². The van der Waals surface area contributed by atoms with E-state index in [4.69, 9.17) is 0 Å². The number of nitrogens with one attached hydrogen (secondary N) is 1. The fourth-order valence-electron chi connectivity index (χ4n) is 3.47. The van der Waals surface area contributed by atoms with E-state index >= 15 is 0 Å². The SMILES string of the molecule is Cn1nc(NC(=O)N2CCN(S(=O)(=O)c3ccccc3)CC2)cc1-c1ccccc1. The average molecular weight is 426 g/mol. The molecule has 1 aliphatic rings. The highest BCUT2D eigenvalue weighted by atomic mass is 32.2. The maximum Gasteiger partial charge on any atom is 0.323 e. The van der Waals surface area contributed by atoms with E-state index in [0.717, 1.165) is 11.3 Å². The molecule has 0 unspecified atom stereocenters. The van der Waals surface area contributed by atoms with E-state index in [0.29, 0.717) is 18.9 Å². The molecule has 9 heteroatoms. The van der Waals surface area contributed by atoms with Crippen LogP contribution in [0.4, 0.5) is 10.6 Å². The summed E-state index contributed by atoms with van der Waals surface area (Å²) in [5, 5.41) is 7.18. The van der Waals surface area contributed by atoms with Crippen LogP contribution < -0.4 is 5.32 Å². The Bertz CT molecular complexity index is 1120. The summed E-state index contributed by atoms with van der Waals surface area (Å²) in [7, 11) is -1.72. The maximum absolute atomic E-state index is 12.7. The van der Waals surface area contributed by atoms with Gasteiger partial charge in [-0.25, -0.2) is 13.2 Å². The number of nitrogens with zero attached hydrogens (tertiary/aromatic N) is 4. The summed E-state index contributed by atoms with van der Waals surface area (Å²) in [4.78, 5) is 14.5. The van der Waals surface area contributed by atoms with Crippen LogP contribution in [0, 0.1) is 0 Å². The second kappa shape index (κ2) is 8.29. The topological polar surface area (TPSA) is 87.5 Å². The number of carbonyl (C=O) groups excluding carboxylic acids is 1. The molecule has 1 aliphatic heterocycles. The fraction of sp³-hybridized carbons (Fsp3) is 0.238. The van der Waals surface area contributed by atoms with Crippen LogP contribution in [-0.4, -0.2) is 59.6 Å². The summed E-state index contributed by atoms with van der Waals surface area (Å²) in [6.07, 6.45) is 0. The van der Waals surface area contributed by atoms with Crippen molar-refractivity contribution < 1.29 is 13.2 Å². The summed E-state index contributed by atoms with van der Waals surface area (Å²) in [5.41, 5.74) is 1.90. The number of hydrogen-bond donors (Lipinski definition) is 1. The highest BCUT2D eigenvalue weighted by Gasteiger charge is 2.30. The van der Waals surface area contributed by atoms with Crippen LogP contribution in [0.3, 0.4) is 0 Å². The zero-order valence-electron chi connectivity index (χ0n) is 16.6. The van der Waals surface area contributed by atoms with Crippen LogP contribution in [0.5, 0.6) is 0 Å². The molecule has 30 heavy (non-hydrogen) atoms. The summed E-state index contributed by atoms with van der Waals surface area (Å²) >= 11 is 0. The lowest BCUT2D eigenvalue weighted by Gasteiger charge is -2.33. The Kier molecular flexibility index (Phi) is 5.56. The first-order chi connectivity index (χ1) is 14.4. The number of aryl methyl sites for hydroxylation is 1. The minimum absolute atomic E-state index is 0.252. The first kappa shape index (κ1) is 20.1. The van der Waals surface area contributed by atoms with Crippen LogP contribution in [0.15, 0.2) is 71.6 Å². The van der Waals surface area contributed by atoms with Gasteiger partial charge in [0.1, 0.15) is 0 Å². The number of sulfonamides is 1. The number of benzene rings is 2. The van der Waals surface area contributed by atoms with Crippen LogP contribution in [-0.2, 0) is 17.1 Å². The molecule has 3 aromatic rings. The van der Waals surface area contributed by atoms with Gasteiger partial charge in [0.05, 0.1) is 10.6 Å². The van der Waals surface area contributed by atoms with E-state index in [1.165, 1.54) is 4.31 Å². The molecular formula is C21H23N5O3S. The van der Waals surface area contributed by atoms with Crippen molar-refractivity contribution >= 4 is 21.9 Å². The first-order valence-electron chi connectivity index (χ1n) is 9.66. The van der Waals surface area contributed by atoms with Gasteiger partial charge in [-0.3, -0.25) is 10.00 Å². The van der Waals surface area contributed by atoms with Gasteiger partial charge in [-0.2, -0.15) is 9.40 Å². The van der Waals surface area contributed by atoms with Gasteiger partial charge >= 0.3 is 6.03 Å². The highest BCUT2D eigenvalue weighted by molar-refractivity contribution is 7.89. The number of rotatable bonds is 4. The molecule has 1 aromatic heterocycles. The Morgan fingerprint density at radius 3 is 2.17 bits per heavy atom. The fourth-order valence-corrected chi connectivity index (χ4v) is 4.91. The second-order valence-electron chi connectivity index (χ2n) is 7.04. The molecule has 1 saturated heterocycles. The lowest BCUT2D eigenvalue weighted by atomic mass is 10.1. The quantitative estimate of drug-likeness (QED) is 0.696. The van der Waals surface area contributed by atoms with Crippen LogP contribution in [0.1, 0.15) is 0 Å². The van der Waals surface area contributed by atoms with Crippen molar-refractivity contribution in [3.63, 3.8) is 0 Å². The highest BCUT2D eigenvalue weighted by Crippen LogP contribution is 2.22. The number of piperazine rings is 1. The summed E-state index contributed by atoms with van der Waals surface area (Å²) in [6, 6.07) is 19.7. The smallest absolute Gasteiger partial charge is 0.322 e. The monoisotopic (exact) mass is 425 g/mol. The van der Waals surface area contributed by atoms with Crippen molar-refractivity contribution in [3.05, 3.63) is 66.7 Å². The van der Waals surface area contributed by atoms with Crippen molar-refractivity contribution in [1.29, 1.82) is 0 Å². The third-order valence-electron chi connectivity index (χ3n) is 5.09. The number of hydrogen-bond acceptors (Lipinski definition) is 4. The average Bonchev–Trinajstić information content (AvgIpc) is 3.15. The molecule has 0 aliphatic carbocycles. The Labute approximate surface area is 175 Å². The summed E-state index contributed by atoms with van der Waals surface area (Å²) in [5.74, 6) is 0.459. The molecular weight excluding hydrogens is 402 g/mol. The molecule has 2 amide bonds. The molecule has 2 heterocycles. The predicted molar refractivity (Wildman–Crippen MR) is 114 cm³/mol. The zero-order chi connectivity index (χ0) is 21.1. The normalized spacial score (nSPS) is 15.2. The zero-order valence-corrected chi connectivity index (χ0v) is 17.4. The Balaban J connectivity index is 1.39. The van der Waals surface area contributed by atoms with E-state index in [1.807, 2.05) is 43.4 Å². The predicted octanol–water partition coefficient (Wildman–Crippen LogP) is 2.63. The van der Waals surface area contributed by atoms with Gasteiger partial charge in [0.25, 0.3) is 0 Å². The van der Waals surface area contributed by atoms with Crippen LogP contribution in [0.2, 0.25) is 0 Å². The van der Waals surface area contributed by atoms with Gasteiger partial charge < -0.3 is 4.90 Å². The Morgan fingerprint density at radius 2 is 1.53 bits per heavy atom. The molecule has 0 atom stereocenters. The third kappa shape index (κ3) is 4.07. The second-order valence-corrected chi connectivity index (χ2v) is 8.98. The van der Waals surface area contributed by atoms with Gasteiger partial charge in [0, 0.05) is 39.3 Å². The van der Waals surface area contributed by atoms with Gasteiger partial charge in [0.2, 0.25) is 10.0 Å². The van der Waals surface area contributed by atoms with E-state index in [9.17, 15) is 13.2 Å². The first-order valence-corrected chi connectivity index (χ1v) is 11.1. The van der Waals surface area contributed by atoms with E-state index in [1.54, 1.807) is 39.9 Å². The number of anilines is 1. The minimum Gasteiger partial charge on any atom is -0.322 e. The van der Waals surface area contributed by atoms with Gasteiger partial charge in [-0.15, -0.1) is 0 Å². The van der Waals surface area contributed by atoms with E-state index in [2.05, 4.69) is 10.4 Å². The number of carbonyl (C=O) groups is 1.